The van der Waals surface area contributed by atoms with Crippen molar-refractivity contribution < 1.29 is 18.7 Å². The summed E-state index contributed by atoms with van der Waals surface area (Å²) >= 11 is 0. The number of carbonyl (C=O) groups excluding carboxylic acids is 2. The molecule has 1 atom stereocenters. The van der Waals surface area contributed by atoms with Gasteiger partial charge in [0.05, 0.1) is 0 Å². The smallest absolute Gasteiger partial charge is 0.261 e. The minimum Gasteiger partial charge on any atom is -0.483 e. The zero-order valence-electron chi connectivity index (χ0n) is 22.3. The van der Waals surface area contributed by atoms with Crippen LogP contribution in [0.2, 0.25) is 0 Å². The van der Waals surface area contributed by atoms with Crippen molar-refractivity contribution in [2.24, 2.45) is 0 Å². The van der Waals surface area contributed by atoms with E-state index in [2.05, 4.69) is 19.2 Å². The number of hydrogen-bond acceptors (Lipinski definition) is 3. The summed E-state index contributed by atoms with van der Waals surface area (Å²) < 4.78 is 19.6. The van der Waals surface area contributed by atoms with Gasteiger partial charge in [-0.3, -0.25) is 9.59 Å². The van der Waals surface area contributed by atoms with Crippen LogP contribution in [0, 0.1) is 5.82 Å². The summed E-state index contributed by atoms with van der Waals surface area (Å²) in [6.07, 6.45) is 0.332. The van der Waals surface area contributed by atoms with Gasteiger partial charge in [-0.15, -0.1) is 0 Å². The number of amides is 2. The average molecular weight is 505 g/mol. The Balaban J connectivity index is 1.94. The summed E-state index contributed by atoms with van der Waals surface area (Å²) in [5, 5.41) is 3.03. The first-order chi connectivity index (χ1) is 17.5. The minimum absolute atomic E-state index is 0.142. The van der Waals surface area contributed by atoms with Gasteiger partial charge in [0, 0.05) is 18.5 Å². The molecule has 37 heavy (non-hydrogen) atoms. The molecule has 1 N–H and O–H groups in total. The monoisotopic (exact) mass is 504 g/mol. The molecule has 3 aromatic carbocycles. The van der Waals surface area contributed by atoms with Crippen molar-refractivity contribution in [3.8, 4) is 5.75 Å². The van der Waals surface area contributed by atoms with Crippen LogP contribution in [0.1, 0.15) is 57.2 Å². The number of carbonyl (C=O) groups is 2. The summed E-state index contributed by atoms with van der Waals surface area (Å²) in [5.41, 5.74) is 2.17. The van der Waals surface area contributed by atoms with Crippen LogP contribution in [0.3, 0.4) is 0 Å². The summed E-state index contributed by atoms with van der Waals surface area (Å²) in [7, 11) is 0. The molecule has 0 fully saturated rings. The summed E-state index contributed by atoms with van der Waals surface area (Å²) in [5.74, 6) is -0.0693. The zero-order valence-corrected chi connectivity index (χ0v) is 22.3. The SMILES string of the molecule is CC(C)c1ccccc1OCC(=O)N(Cc1ccc(F)cc1)C(Cc1ccccc1)C(=O)NC(C)(C)C. The van der Waals surface area contributed by atoms with Gasteiger partial charge in [0.15, 0.2) is 6.61 Å². The fraction of sp³-hybridized carbons (Fsp3) is 0.355. The van der Waals surface area contributed by atoms with Gasteiger partial charge in [-0.2, -0.15) is 0 Å². The molecule has 196 valence electrons. The van der Waals surface area contributed by atoms with Gasteiger partial charge < -0.3 is 15.0 Å². The lowest BCUT2D eigenvalue weighted by atomic mass is 10.0. The summed E-state index contributed by atoms with van der Waals surface area (Å²) in [6.45, 7) is 9.77. The van der Waals surface area contributed by atoms with Crippen LogP contribution < -0.4 is 10.1 Å². The number of ether oxygens (including phenoxy) is 1. The molecule has 1 unspecified atom stereocenters. The normalized spacial score (nSPS) is 12.2. The van der Waals surface area contributed by atoms with Crippen LogP contribution in [0.25, 0.3) is 0 Å². The number of benzene rings is 3. The lowest BCUT2D eigenvalue weighted by Crippen LogP contribution is -2.55. The molecule has 0 aromatic heterocycles. The standard InChI is InChI=1S/C31H37FN2O3/c1-22(2)26-13-9-10-14-28(26)37-21-29(35)34(20-24-15-17-25(32)18-16-24)27(30(36)33-31(3,4)5)19-23-11-7-6-8-12-23/h6-18,22,27H,19-21H2,1-5H3,(H,33,36). The molecule has 0 saturated heterocycles. The predicted octanol–water partition coefficient (Wildman–Crippen LogP) is 5.88. The fourth-order valence-corrected chi connectivity index (χ4v) is 4.10. The molecular formula is C31H37FN2O3. The van der Waals surface area contributed by atoms with E-state index < -0.39 is 11.6 Å². The minimum atomic E-state index is -0.789. The highest BCUT2D eigenvalue weighted by Crippen LogP contribution is 2.26. The molecule has 5 nitrogen and oxygen atoms in total. The second-order valence-corrected chi connectivity index (χ2v) is 10.6. The number of nitrogens with one attached hydrogen (secondary N) is 1. The molecular weight excluding hydrogens is 467 g/mol. The lowest BCUT2D eigenvalue weighted by Gasteiger charge is -2.34. The Morgan fingerprint density at radius 1 is 0.892 bits per heavy atom. The van der Waals surface area contributed by atoms with Crippen molar-refractivity contribution in [1.82, 2.24) is 10.2 Å². The Morgan fingerprint density at radius 2 is 1.51 bits per heavy atom. The van der Waals surface area contributed by atoms with Gasteiger partial charge in [0.25, 0.3) is 5.91 Å². The third-order valence-electron chi connectivity index (χ3n) is 5.93. The van der Waals surface area contributed by atoms with Crippen LogP contribution in [0.15, 0.2) is 78.9 Å². The van der Waals surface area contributed by atoms with Crippen molar-refractivity contribution >= 4 is 11.8 Å². The zero-order chi connectivity index (χ0) is 27.0. The molecule has 3 rings (SSSR count). The fourth-order valence-electron chi connectivity index (χ4n) is 4.10. The van der Waals surface area contributed by atoms with E-state index in [1.165, 1.54) is 12.1 Å². The maximum atomic E-state index is 13.7. The third-order valence-corrected chi connectivity index (χ3v) is 5.93. The Kier molecular flexibility index (Phi) is 9.45. The van der Waals surface area contributed by atoms with Gasteiger partial charge in [-0.25, -0.2) is 4.39 Å². The predicted molar refractivity (Wildman–Crippen MR) is 145 cm³/mol. The number of para-hydroxylation sites is 1. The van der Waals surface area contributed by atoms with Crippen molar-refractivity contribution in [3.05, 3.63) is 101 Å². The highest BCUT2D eigenvalue weighted by Gasteiger charge is 2.32. The first-order valence-electron chi connectivity index (χ1n) is 12.6. The Bertz CT molecular complexity index is 1170. The Labute approximate surface area is 219 Å². The second kappa shape index (κ2) is 12.5. The van der Waals surface area contributed by atoms with E-state index >= 15 is 0 Å². The first kappa shape index (κ1) is 27.9. The second-order valence-electron chi connectivity index (χ2n) is 10.6. The average Bonchev–Trinajstić information content (AvgIpc) is 2.85. The van der Waals surface area contributed by atoms with E-state index in [0.29, 0.717) is 12.2 Å². The van der Waals surface area contributed by atoms with Gasteiger partial charge in [0.2, 0.25) is 5.91 Å². The lowest BCUT2D eigenvalue weighted by molar-refractivity contribution is -0.143. The van der Waals surface area contributed by atoms with Crippen molar-refractivity contribution in [2.45, 2.75) is 65.1 Å². The first-order valence-corrected chi connectivity index (χ1v) is 12.6. The van der Waals surface area contributed by atoms with Crippen LogP contribution >= 0.6 is 0 Å². The van der Waals surface area contributed by atoms with Crippen molar-refractivity contribution in [3.63, 3.8) is 0 Å². The molecule has 0 heterocycles. The molecule has 2 amide bonds. The van der Waals surface area contributed by atoms with Crippen LogP contribution in [0.4, 0.5) is 4.39 Å². The van der Waals surface area contributed by atoms with Gasteiger partial charge in [-0.1, -0.05) is 74.5 Å². The van der Waals surface area contributed by atoms with E-state index in [1.807, 2.05) is 75.4 Å². The van der Waals surface area contributed by atoms with Gasteiger partial charge >= 0.3 is 0 Å². The van der Waals surface area contributed by atoms with Gasteiger partial charge in [-0.05, 0) is 61.6 Å². The molecule has 6 heteroatoms. The maximum absolute atomic E-state index is 13.7. The van der Waals surface area contributed by atoms with Crippen LogP contribution in [0.5, 0.6) is 5.75 Å². The quantitative estimate of drug-likeness (QED) is 0.375. The topological polar surface area (TPSA) is 58.6 Å². The molecule has 0 aliphatic heterocycles. The molecule has 0 bridgehead atoms. The Hall–Kier alpha value is -3.67. The molecule has 0 radical (unpaired) electrons. The van der Waals surface area contributed by atoms with Gasteiger partial charge in [0.1, 0.15) is 17.6 Å². The number of rotatable bonds is 10. The number of halogens is 1. The van der Waals surface area contributed by atoms with Crippen molar-refractivity contribution in [1.29, 1.82) is 0 Å². The molecule has 0 aliphatic rings. The largest absolute Gasteiger partial charge is 0.483 e. The van der Waals surface area contributed by atoms with E-state index in [4.69, 9.17) is 4.74 Å². The maximum Gasteiger partial charge on any atom is 0.261 e. The molecule has 0 spiro atoms. The van der Waals surface area contributed by atoms with E-state index in [1.54, 1.807) is 17.0 Å². The summed E-state index contributed by atoms with van der Waals surface area (Å²) in [4.78, 5) is 28.8. The summed E-state index contributed by atoms with van der Waals surface area (Å²) in [6, 6.07) is 22.4. The Morgan fingerprint density at radius 3 is 2.14 bits per heavy atom. The van der Waals surface area contributed by atoms with Crippen LogP contribution in [-0.4, -0.2) is 34.9 Å². The highest BCUT2D eigenvalue weighted by atomic mass is 19.1. The van der Waals surface area contributed by atoms with E-state index in [-0.39, 0.29) is 36.7 Å². The van der Waals surface area contributed by atoms with E-state index in [9.17, 15) is 14.0 Å². The molecule has 0 saturated carbocycles. The van der Waals surface area contributed by atoms with Crippen LogP contribution in [-0.2, 0) is 22.6 Å². The van der Waals surface area contributed by atoms with Crippen molar-refractivity contribution in [2.75, 3.05) is 6.61 Å². The van der Waals surface area contributed by atoms with E-state index in [0.717, 1.165) is 16.7 Å². The number of hydrogen-bond donors (Lipinski definition) is 1. The number of nitrogens with zero attached hydrogens (tertiary/aromatic N) is 1. The highest BCUT2D eigenvalue weighted by molar-refractivity contribution is 5.89. The molecule has 3 aromatic rings. The third kappa shape index (κ3) is 8.45. The molecule has 0 aliphatic carbocycles.